The van der Waals surface area contributed by atoms with Crippen LogP contribution in [0.4, 0.5) is 0 Å². The summed E-state index contributed by atoms with van der Waals surface area (Å²) >= 11 is 0. The van der Waals surface area contributed by atoms with E-state index in [2.05, 4.69) is 4.98 Å². The van der Waals surface area contributed by atoms with Crippen molar-refractivity contribution >= 4 is 5.97 Å². The number of ether oxygens (including phenoxy) is 3. The standard InChI is InChI=1S/C21H19NO4/c1-15-10-11-19(24-2)16(13-15)14-25-21(23)18-9-6-12-22-20(18)26-17-7-4-3-5-8-17/h3-13H,14H2,1-2H3. The molecule has 26 heavy (non-hydrogen) atoms. The van der Waals surface area contributed by atoms with Gasteiger partial charge in [0, 0.05) is 11.8 Å². The zero-order valence-corrected chi connectivity index (χ0v) is 14.6. The number of para-hydroxylation sites is 1. The van der Waals surface area contributed by atoms with Crippen molar-refractivity contribution in [3.8, 4) is 17.4 Å². The second-order valence-corrected chi connectivity index (χ2v) is 5.66. The number of hydrogen-bond donors (Lipinski definition) is 0. The number of aryl methyl sites for hydroxylation is 1. The van der Waals surface area contributed by atoms with Crippen molar-refractivity contribution in [1.82, 2.24) is 4.98 Å². The minimum Gasteiger partial charge on any atom is -0.496 e. The maximum absolute atomic E-state index is 12.5. The third kappa shape index (κ3) is 4.19. The number of pyridine rings is 1. The fourth-order valence-electron chi connectivity index (χ4n) is 2.47. The van der Waals surface area contributed by atoms with Gasteiger partial charge < -0.3 is 14.2 Å². The first-order valence-electron chi connectivity index (χ1n) is 8.16. The highest BCUT2D eigenvalue weighted by Gasteiger charge is 2.17. The SMILES string of the molecule is COc1ccc(C)cc1COC(=O)c1cccnc1Oc1ccccc1. The molecule has 3 rings (SSSR count). The number of benzene rings is 2. The minimum atomic E-state index is -0.507. The number of nitrogens with zero attached hydrogens (tertiary/aromatic N) is 1. The van der Waals surface area contributed by atoms with Crippen LogP contribution in [0.5, 0.6) is 17.4 Å². The molecule has 132 valence electrons. The molecule has 0 aliphatic heterocycles. The number of carbonyl (C=O) groups is 1. The molecule has 0 atom stereocenters. The topological polar surface area (TPSA) is 57.7 Å². The molecule has 0 fully saturated rings. The van der Waals surface area contributed by atoms with Gasteiger partial charge in [-0.05, 0) is 43.3 Å². The van der Waals surface area contributed by atoms with Crippen LogP contribution < -0.4 is 9.47 Å². The van der Waals surface area contributed by atoms with Crippen molar-refractivity contribution < 1.29 is 19.0 Å². The summed E-state index contributed by atoms with van der Waals surface area (Å²) in [5.74, 6) is 0.975. The van der Waals surface area contributed by atoms with Crippen molar-refractivity contribution in [2.45, 2.75) is 13.5 Å². The fraction of sp³-hybridized carbons (Fsp3) is 0.143. The van der Waals surface area contributed by atoms with Crippen molar-refractivity contribution in [1.29, 1.82) is 0 Å². The van der Waals surface area contributed by atoms with Gasteiger partial charge in [-0.3, -0.25) is 0 Å². The van der Waals surface area contributed by atoms with Gasteiger partial charge in [-0.25, -0.2) is 9.78 Å². The molecule has 2 aromatic carbocycles. The van der Waals surface area contributed by atoms with Crippen LogP contribution in [-0.4, -0.2) is 18.1 Å². The summed E-state index contributed by atoms with van der Waals surface area (Å²) in [6.07, 6.45) is 1.57. The van der Waals surface area contributed by atoms with E-state index in [-0.39, 0.29) is 18.1 Å². The average molecular weight is 349 g/mol. The van der Waals surface area contributed by atoms with Crippen LogP contribution in [0.3, 0.4) is 0 Å². The zero-order valence-electron chi connectivity index (χ0n) is 14.6. The molecule has 5 heteroatoms. The Morgan fingerprint density at radius 2 is 1.85 bits per heavy atom. The van der Waals surface area contributed by atoms with Gasteiger partial charge in [-0.15, -0.1) is 0 Å². The third-order valence-electron chi connectivity index (χ3n) is 3.74. The molecule has 5 nitrogen and oxygen atoms in total. The van der Waals surface area contributed by atoms with E-state index in [4.69, 9.17) is 14.2 Å². The average Bonchev–Trinajstić information content (AvgIpc) is 2.67. The fourth-order valence-corrected chi connectivity index (χ4v) is 2.47. The van der Waals surface area contributed by atoms with Gasteiger partial charge in [-0.2, -0.15) is 0 Å². The van der Waals surface area contributed by atoms with Crippen LogP contribution in [0.15, 0.2) is 66.9 Å². The zero-order chi connectivity index (χ0) is 18.4. The monoisotopic (exact) mass is 349 g/mol. The lowest BCUT2D eigenvalue weighted by atomic mass is 10.1. The Balaban J connectivity index is 1.75. The molecule has 3 aromatic rings. The highest BCUT2D eigenvalue weighted by atomic mass is 16.5. The third-order valence-corrected chi connectivity index (χ3v) is 3.74. The highest BCUT2D eigenvalue weighted by molar-refractivity contribution is 5.91. The van der Waals surface area contributed by atoms with Gasteiger partial charge in [0.1, 0.15) is 23.7 Å². The molecule has 0 saturated carbocycles. The van der Waals surface area contributed by atoms with Gasteiger partial charge in [0.15, 0.2) is 0 Å². The maximum atomic E-state index is 12.5. The van der Waals surface area contributed by atoms with Crippen LogP contribution in [0, 0.1) is 6.92 Å². The van der Waals surface area contributed by atoms with E-state index in [1.165, 1.54) is 0 Å². The molecule has 0 aliphatic carbocycles. The van der Waals surface area contributed by atoms with E-state index in [0.29, 0.717) is 11.5 Å². The molecule has 0 unspecified atom stereocenters. The van der Waals surface area contributed by atoms with Crippen LogP contribution in [0.1, 0.15) is 21.5 Å². The van der Waals surface area contributed by atoms with Gasteiger partial charge in [0.2, 0.25) is 5.88 Å². The van der Waals surface area contributed by atoms with Gasteiger partial charge in [-0.1, -0.05) is 29.8 Å². The molecule has 0 radical (unpaired) electrons. The molecule has 1 heterocycles. The van der Waals surface area contributed by atoms with Crippen molar-refractivity contribution in [2.24, 2.45) is 0 Å². The first-order valence-corrected chi connectivity index (χ1v) is 8.16. The lowest BCUT2D eigenvalue weighted by Gasteiger charge is -2.12. The van der Waals surface area contributed by atoms with Crippen molar-refractivity contribution in [2.75, 3.05) is 7.11 Å². The molecule has 0 aliphatic rings. The van der Waals surface area contributed by atoms with Gasteiger partial charge >= 0.3 is 5.97 Å². The summed E-state index contributed by atoms with van der Waals surface area (Å²) in [6.45, 7) is 2.07. The number of aromatic nitrogens is 1. The lowest BCUT2D eigenvalue weighted by Crippen LogP contribution is -2.08. The predicted molar refractivity (Wildman–Crippen MR) is 97.6 cm³/mol. The van der Waals surface area contributed by atoms with E-state index >= 15 is 0 Å². The second-order valence-electron chi connectivity index (χ2n) is 5.66. The number of esters is 1. The van der Waals surface area contributed by atoms with E-state index in [1.807, 2.05) is 43.3 Å². The Morgan fingerprint density at radius 3 is 2.62 bits per heavy atom. The van der Waals surface area contributed by atoms with E-state index in [9.17, 15) is 4.79 Å². The molecular formula is C21H19NO4. The normalized spacial score (nSPS) is 10.2. The first-order chi connectivity index (χ1) is 12.7. The summed E-state index contributed by atoms with van der Waals surface area (Å²) in [5, 5.41) is 0. The molecule has 0 saturated heterocycles. The van der Waals surface area contributed by atoms with Crippen LogP contribution in [0.2, 0.25) is 0 Å². The van der Waals surface area contributed by atoms with E-state index in [0.717, 1.165) is 11.1 Å². The van der Waals surface area contributed by atoms with E-state index in [1.54, 1.807) is 37.6 Å². The lowest BCUT2D eigenvalue weighted by molar-refractivity contribution is 0.0466. The summed E-state index contributed by atoms with van der Waals surface area (Å²) in [7, 11) is 1.59. The smallest absolute Gasteiger partial charge is 0.344 e. The summed E-state index contributed by atoms with van der Waals surface area (Å²) in [4.78, 5) is 16.7. The number of methoxy groups -OCH3 is 1. The summed E-state index contributed by atoms with van der Waals surface area (Å²) in [5.41, 5.74) is 2.13. The highest BCUT2D eigenvalue weighted by Crippen LogP contribution is 2.25. The molecule has 0 amide bonds. The molecule has 0 bridgehead atoms. The maximum Gasteiger partial charge on any atom is 0.344 e. The number of rotatable bonds is 6. The Kier molecular flexibility index (Phi) is 5.49. The predicted octanol–water partition coefficient (Wildman–Crippen LogP) is 4.55. The Labute approximate surface area is 152 Å². The molecule has 1 aromatic heterocycles. The number of carbonyl (C=O) groups excluding carboxylic acids is 1. The van der Waals surface area contributed by atoms with Crippen LogP contribution >= 0.6 is 0 Å². The first kappa shape index (κ1) is 17.5. The molecular weight excluding hydrogens is 330 g/mol. The minimum absolute atomic E-state index is 0.101. The Hall–Kier alpha value is -3.34. The van der Waals surface area contributed by atoms with Crippen molar-refractivity contribution in [3.63, 3.8) is 0 Å². The molecule has 0 N–H and O–H groups in total. The Bertz CT molecular complexity index is 894. The van der Waals surface area contributed by atoms with E-state index < -0.39 is 5.97 Å². The second kappa shape index (κ2) is 8.16. The largest absolute Gasteiger partial charge is 0.496 e. The molecule has 0 spiro atoms. The van der Waals surface area contributed by atoms with Gasteiger partial charge in [0.05, 0.1) is 7.11 Å². The van der Waals surface area contributed by atoms with Crippen LogP contribution in [-0.2, 0) is 11.3 Å². The summed E-state index contributed by atoms with van der Waals surface area (Å²) in [6, 6.07) is 18.2. The summed E-state index contributed by atoms with van der Waals surface area (Å²) < 4.78 is 16.5. The van der Waals surface area contributed by atoms with Crippen LogP contribution in [0.25, 0.3) is 0 Å². The number of hydrogen-bond acceptors (Lipinski definition) is 5. The Morgan fingerprint density at radius 1 is 1.04 bits per heavy atom. The quantitative estimate of drug-likeness (QED) is 0.611. The van der Waals surface area contributed by atoms with Crippen molar-refractivity contribution in [3.05, 3.63) is 83.6 Å². The van der Waals surface area contributed by atoms with Gasteiger partial charge in [0.25, 0.3) is 0 Å².